The Morgan fingerprint density at radius 1 is 0.889 bits per heavy atom. The molecular weight excluding hydrogens is 336 g/mol. The summed E-state index contributed by atoms with van der Waals surface area (Å²) in [6, 6.07) is 17.1. The van der Waals surface area contributed by atoms with E-state index < -0.39 is 6.10 Å². The van der Waals surface area contributed by atoms with Crippen LogP contribution in [0, 0.1) is 0 Å². The standard InChI is InChI=1S/C23H30N2O2/c26-22(18-27-23-10-9-20-7-4-8-21(20)15-23)17-25-13-11-24(12-14-25)16-19-5-2-1-3-6-19/h1-3,5-6,9-10,15,22,26H,4,7-8,11-14,16-18H2/p+2/t22-/m1/s1. The van der Waals surface area contributed by atoms with Crippen LogP contribution in [0.25, 0.3) is 0 Å². The van der Waals surface area contributed by atoms with Gasteiger partial charge in [0.1, 0.15) is 57.7 Å². The second kappa shape index (κ2) is 8.87. The average Bonchev–Trinajstić information content (AvgIpc) is 3.17. The zero-order valence-corrected chi connectivity index (χ0v) is 16.1. The number of quaternary nitrogens is 2. The van der Waals surface area contributed by atoms with Crippen LogP contribution in [0.15, 0.2) is 48.5 Å². The number of piperazine rings is 1. The van der Waals surface area contributed by atoms with E-state index in [1.807, 2.05) is 0 Å². The third-order valence-electron chi connectivity index (χ3n) is 6.00. The maximum absolute atomic E-state index is 10.4. The van der Waals surface area contributed by atoms with Gasteiger partial charge < -0.3 is 19.6 Å². The third kappa shape index (κ3) is 5.10. The van der Waals surface area contributed by atoms with E-state index in [-0.39, 0.29) is 0 Å². The van der Waals surface area contributed by atoms with Crippen molar-refractivity contribution >= 4 is 0 Å². The zero-order valence-electron chi connectivity index (χ0n) is 16.1. The lowest BCUT2D eigenvalue weighted by Crippen LogP contribution is -3.28. The molecule has 1 saturated heterocycles. The Hall–Kier alpha value is -1.88. The first-order chi connectivity index (χ1) is 13.3. The fraction of sp³-hybridized carbons (Fsp3) is 0.478. The average molecular weight is 369 g/mol. The van der Waals surface area contributed by atoms with Crippen molar-refractivity contribution in [1.29, 1.82) is 0 Å². The van der Waals surface area contributed by atoms with E-state index in [1.54, 1.807) is 4.90 Å². The van der Waals surface area contributed by atoms with Gasteiger partial charge in [-0.2, -0.15) is 0 Å². The molecule has 0 saturated carbocycles. The minimum Gasteiger partial charge on any atom is -0.491 e. The summed E-state index contributed by atoms with van der Waals surface area (Å²) in [5.74, 6) is 0.904. The third-order valence-corrected chi connectivity index (χ3v) is 6.00. The van der Waals surface area contributed by atoms with Crippen molar-refractivity contribution in [2.45, 2.75) is 31.9 Å². The van der Waals surface area contributed by atoms with Crippen LogP contribution in [0.4, 0.5) is 0 Å². The van der Waals surface area contributed by atoms with Crippen molar-refractivity contribution in [3.8, 4) is 5.75 Å². The Morgan fingerprint density at radius 2 is 1.63 bits per heavy atom. The maximum Gasteiger partial charge on any atom is 0.137 e. The molecule has 144 valence electrons. The van der Waals surface area contributed by atoms with Crippen LogP contribution < -0.4 is 14.5 Å². The molecule has 1 aliphatic heterocycles. The molecule has 2 aliphatic rings. The highest BCUT2D eigenvalue weighted by Gasteiger charge is 2.25. The molecule has 3 N–H and O–H groups in total. The predicted octanol–water partition coefficient (Wildman–Crippen LogP) is -0.101. The van der Waals surface area contributed by atoms with Gasteiger partial charge in [0, 0.05) is 5.56 Å². The first-order valence-corrected chi connectivity index (χ1v) is 10.4. The van der Waals surface area contributed by atoms with Gasteiger partial charge in [0.2, 0.25) is 0 Å². The van der Waals surface area contributed by atoms with Crippen molar-refractivity contribution < 1.29 is 19.6 Å². The minimum absolute atomic E-state index is 0.392. The van der Waals surface area contributed by atoms with Crippen LogP contribution >= 0.6 is 0 Å². The molecule has 0 bridgehead atoms. The van der Waals surface area contributed by atoms with Gasteiger partial charge in [-0.15, -0.1) is 0 Å². The van der Waals surface area contributed by atoms with Crippen LogP contribution in [0.3, 0.4) is 0 Å². The van der Waals surface area contributed by atoms with Gasteiger partial charge in [0.15, 0.2) is 0 Å². The van der Waals surface area contributed by atoms with E-state index in [0.29, 0.717) is 6.61 Å². The van der Waals surface area contributed by atoms with Gasteiger partial charge in [-0.3, -0.25) is 0 Å². The Morgan fingerprint density at radius 3 is 2.44 bits per heavy atom. The maximum atomic E-state index is 10.4. The molecule has 0 aromatic heterocycles. The molecule has 2 aromatic rings. The molecule has 0 spiro atoms. The SMILES string of the molecule is O[C@@H](COc1ccc2c(c1)CCC2)C[NH+]1CC[NH+](Cc2ccccc2)CC1. The molecule has 2 aromatic carbocycles. The normalized spacial score (nSPS) is 23.0. The molecule has 0 radical (unpaired) electrons. The van der Waals surface area contributed by atoms with Gasteiger partial charge >= 0.3 is 0 Å². The molecule has 1 aliphatic carbocycles. The van der Waals surface area contributed by atoms with Gasteiger partial charge in [0.05, 0.1) is 0 Å². The van der Waals surface area contributed by atoms with Crippen molar-refractivity contribution in [1.82, 2.24) is 0 Å². The molecule has 4 nitrogen and oxygen atoms in total. The van der Waals surface area contributed by atoms with Gasteiger partial charge in [-0.1, -0.05) is 36.4 Å². The van der Waals surface area contributed by atoms with Crippen LogP contribution in [-0.4, -0.2) is 50.5 Å². The Bertz CT molecular complexity index is 726. The number of nitrogens with one attached hydrogen (secondary N) is 2. The Balaban J connectivity index is 1.18. The number of aliphatic hydroxyl groups is 1. The smallest absolute Gasteiger partial charge is 0.137 e. The summed E-state index contributed by atoms with van der Waals surface area (Å²) in [4.78, 5) is 3.14. The van der Waals surface area contributed by atoms with Gasteiger partial charge in [-0.25, -0.2) is 0 Å². The summed E-state index contributed by atoms with van der Waals surface area (Å²) in [6.07, 6.45) is 3.21. The van der Waals surface area contributed by atoms with E-state index >= 15 is 0 Å². The second-order valence-corrected chi connectivity index (χ2v) is 8.12. The number of hydrogen-bond acceptors (Lipinski definition) is 2. The first kappa shape index (κ1) is 18.5. The molecule has 1 heterocycles. The van der Waals surface area contributed by atoms with Crippen molar-refractivity contribution in [3.63, 3.8) is 0 Å². The summed E-state index contributed by atoms with van der Waals surface area (Å²) < 4.78 is 5.87. The second-order valence-electron chi connectivity index (χ2n) is 8.12. The van der Waals surface area contributed by atoms with E-state index in [0.717, 1.165) is 38.3 Å². The van der Waals surface area contributed by atoms with Crippen LogP contribution in [0.1, 0.15) is 23.1 Å². The summed E-state index contributed by atoms with van der Waals surface area (Å²) in [5.41, 5.74) is 4.30. The molecule has 4 heteroatoms. The minimum atomic E-state index is -0.399. The first-order valence-electron chi connectivity index (χ1n) is 10.4. The topological polar surface area (TPSA) is 38.3 Å². The lowest BCUT2D eigenvalue weighted by Gasteiger charge is -2.30. The van der Waals surface area contributed by atoms with E-state index in [4.69, 9.17) is 4.74 Å². The number of rotatable bonds is 7. The summed E-state index contributed by atoms with van der Waals surface area (Å²) in [5, 5.41) is 10.4. The number of fused-ring (bicyclic) bond motifs is 1. The number of aryl methyl sites for hydroxylation is 2. The summed E-state index contributed by atoms with van der Waals surface area (Å²) in [7, 11) is 0. The van der Waals surface area contributed by atoms with Crippen molar-refractivity contribution in [3.05, 3.63) is 65.2 Å². The van der Waals surface area contributed by atoms with E-state index in [1.165, 1.54) is 47.5 Å². The molecule has 1 atom stereocenters. The van der Waals surface area contributed by atoms with Crippen molar-refractivity contribution in [2.24, 2.45) is 0 Å². The van der Waals surface area contributed by atoms with Gasteiger partial charge in [0.25, 0.3) is 0 Å². The molecule has 27 heavy (non-hydrogen) atoms. The van der Waals surface area contributed by atoms with Gasteiger partial charge in [-0.05, 0) is 42.5 Å². The van der Waals surface area contributed by atoms with Crippen LogP contribution in [-0.2, 0) is 19.4 Å². The highest BCUT2D eigenvalue weighted by Crippen LogP contribution is 2.25. The quantitative estimate of drug-likeness (QED) is 0.639. The molecule has 1 fully saturated rings. The monoisotopic (exact) mass is 368 g/mol. The molecule has 0 unspecified atom stereocenters. The Kier molecular flexibility index (Phi) is 6.07. The number of ether oxygens (including phenoxy) is 1. The highest BCUT2D eigenvalue weighted by atomic mass is 16.5. The largest absolute Gasteiger partial charge is 0.491 e. The van der Waals surface area contributed by atoms with E-state index in [9.17, 15) is 5.11 Å². The number of aliphatic hydroxyl groups excluding tert-OH is 1. The van der Waals surface area contributed by atoms with E-state index in [2.05, 4.69) is 48.5 Å². The lowest BCUT2D eigenvalue weighted by molar-refractivity contribution is -1.02. The zero-order chi connectivity index (χ0) is 18.5. The predicted molar refractivity (Wildman–Crippen MR) is 106 cm³/mol. The number of benzene rings is 2. The summed E-state index contributed by atoms with van der Waals surface area (Å²) >= 11 is 0. The molecule has 4 rings (SSSR count). The fourth-order valence-electron chi connectivity index (χ4n) is 4.45. The highest BCUT2D eigenvalue weighted by molar-refractivity contribution is 5.38. The van der Waals surface area contributed by atoms with Crippen LogP contribution in [0.5, 0.6) is 5.75 Å². The van der Waals surface area contributed by atoms with Crippen molar-refractivity contribution in [2.75, 3.05) is 39.3 Å². The molecule has 0 amide bonds. The summed E-state index contributed by atoms with van der Waals surface area (Å²) in [6.45, 7) is 6.87. The number of hydrogen-bond donors (Lipinski definition) is 3. The lowest BCUT2D eigenvalue weighted by atomic mass is 10.1. The molecular formula is C23H32N2O2+2. The Labute approximate surface area is 162 Å². The fourth-order valence-corrected chi connectivity index (χ4v) is 4.45. The van der Waals surface area contributed by atoms with Crippen LogP contribution in [0.2, 0.25) is 0 Å².